The van der Waals surface area contributed by atoms with Crippen LogP contribution >= 0.6 is 0 Å². The zero-order valence-electron chi connectivity index (χ0n) is 14.0. The Kier molecular flexibility index (Phi) is 4.38. The quantitative estimate of drug-likeness (QED) is 0.605. The van der Waals surface area contributed by atoms with Gasteiger partial charge in [-0.2, -0.15) is 0 Å². The Morgan fingerprint density at radius 3 is 2.65 bits per heavy atom. The predicted octanol–water partition coefficient (Wildman–Crippen LogP) is 2.80. The molecule has 0 atom stereocenters. The standard InChI is InChI=1S/C20H17N5O/c26-20(22-13-16-7-4-10-21-12-16)17-8-9-19-18(11-17)23-24-25(19)14-15-5-2-1-3-6-15/h1-12H,13-14H2,(H,22,26). The highest BCUT2D eigenvalue weighted by Gasteiger charge is 2.10. The minimum absolute atomic E-state index is 0.145. The molecular weight excluding hydrogens is 326 g/mol. The van der Waals surface area contributed by atoms with Gasteiger partial charge in [-0.3, -0.25) is 9.78 Å². The highest BCUT2D eigenvalue weighted by atomic mass is 16.1. The van der Waals surface area contributed by atoms with Gasteiger partial charge in [0.05, 0.1) is 12.1 Å². The van der Waals surface area contributed by atoms with E-state index in [4.69, 9.17) is 0 Å². The molecule has 2 aromatic heterocycles. The Hall–Kier alpha value is -3.54. The van der Waals surface area contributed by atoms with Crippen LogP contribution in [0, 0.1) is 0 Å². The summed E-state index contributed by atoms with van der Waals surface area (Å²) in [5.74, 6) is -0.145. The van der Waals surface area contributed by atoms with E-state index in [-0.39, 0.29) is 5.91 Å². The van der Waals surface area contributed by atoms with Gasteiger partial charge in [-0.05, 0) is 35.4 Å². The molecule has 128 valence electrons. The minimum atomic E-state index is -0.145. The highest BCUT2D eigenvalue weighted by molar-refractivity contribution is 5.97. The number of pyridine rings is 1. The van der Waals surface area contributed by atoms with Crippen molar-refractivity contribution in [3.8, 4) is 0 Å². The van der Waals surface area contributed by atoms with E-state index >= 15 is 0 Å². The first-order chi connectivity index (χ1) is 12.8. The molecule has 2 aromatic carbocycles. The smallest absolute Gasteiger partial charge is 0.251 e. The summed E-state index contributed by atoms with van der Waals surface area (Å²) in [6.45, 7) is 1.08. The van der Waals surface area contributed by atoms with E-state index < -0.39 is 0 Å². The van der Waals surface area contributed by atoms with Gasteiger partial charge in [-0.1, -0.05) is 41.6 Å². The fraction of sp³-hybridized carbons (Fsp3) is 0.100. The monoisotopic (exact) mass is 343 g/mol. The molecule has 0 radical (unpaired) electrons. The lowest BCUT2D eigenvalue weighted by molar-refractivity contribution is 0.0951. The molecular formula is C20H17N5O. The highest BCUT2D eigenvalue weighted by Crippen LogP contribution is 2.15. The molecule has 2 heterocycles. The minimum Gasteiger partial charge on any atom is -0.348 e. The molecule has 0 saturated heterocycles. The van der Waals surface area contributed by atoms with E-state index in [1.165, 1.54) is 0 Å². The largest absolute Gasteiger partial charge is 0.348 e. The van der Waals surface area contributed by atoms with Gasteiger partial charge >= 0.3 is 0 Å². The second-order valence-corrected chi connectivity index (χ2v) is 5.98. The summed E-state index contributed by atoms with van der Waals surface area (Å²) in [4.78, 5) is 16.4. The molecule has 0 aliphatic carbocycles. The summed E-state index contributed by atoms with van der Waals surface area (Å²) >= 11 is 0. The van der Waals surface area contributed by atoms with Gasteiger partial charge in [0.25, 0.3) is 5.91 Å². The summed E-state index contributed by atoms with van der Waals surface area (Å²) in [5, 5.41) is 11.3. The van der Waals surface area contributed by atoms with Crippen LogP contribution in [0.3, 0.4) is 0 Å². The van der Waals surface area contributed by atoms with Gasteiger partial charge < -0.3 is 5.32 Å². The van der Waals surface area contributed by atoms with Crippen molar-refractivity contribution in [2.24, 2.45) is 0 Å². The zero-order valence-corrected chi connectivity index (χ0v) is 14.0. The first kappa shape index (κ1) is 16.0. The number of carbonyl (C=O) groups excluding carboxylic acids is 1. The number of hydrogen-bond donors (Lipinski definition) is 1. The van der Waals surface area contributed by atoms with Crippen molar-refractivity contribution in [1.29, 1.82) is 0 Å². The van der Waals surface area contributed by atoms with E-state index in [0.717, 1.165) is 16.6 Å². The van der Waals surface area contributed by atoms with Crippen LogP contribution in [0.15, 0.2) is 73.1 Å². The molecule has 1 N–H and O–H groups in total. The van der Waals surface area contributed by atoms with Crippen molar-refractivity contribution >= 4 is 16.9 Å². The Balaban J connectivity index is 1.50. The van der Waals surface area contributed by atoms with Crippen molar-refractivity contribution in [2.45, 2.75) is 13.1 Å². The summed E-state index contributed by atoms with van der Waals surface area (Å²) in [6, 6.07) is 19.3. The molecule has 0 fully saturated rings. The Morgan fingerprint density at radius 2 is 1.85 bits per heavy atom. The third-order valence-electron chi connectivity index (χ3n) is 4.13. The Morgan fingerprint density at radius 1 is 1.00 bits per heavy atom. The van der Waals surface area contributed by atoms with E-state index in [2.05, 4.69) is 20.6 Å². The number of fused-ring (bicyclic) bond motifs is 1. The number of hydrogen-bond acceptors (Lipinski definition) is 4. The van der Waals surface area contributed by atoms with Gasteiger partial charge in [0.15, 0.2) is 0 Å². The molecule has 4 rings (SSSR count). The van der Waals surface area contributed by atoms with Crippen LogP contribution in [0.25, 0.3) is 11.0 Å². The van der Waals surface area contributed by atoms with Crippen LogP contribution < -0.4 is 5.32 Å². The maximum Gasteiger partial charge on any atom is 0.251 e. The SMILES string of the molecule is O=C(NCc1cccnc1)c1ccc2c(c1)nnn2Cc1ccccc1. The number of amides is 1. The number of nitrogens with zero attached hydrogens (tertiary/aromatic N) is 4. The van der Waals surface area contributed by atoms with Gasteiger partial charge in [-0.25, -0.2) is 4.68 Å². The van der Waals surface area contributed by atoms with Crippen LogP contribution in [0.2, 0.25) is 0 Å². The number of carbonyl (C=O) groups is 1. The van der Waals surface area contributed by atoms with Crippen molar-refractivity contribution in [2.75, 3.05) is 0 Å². The van der Waals surface area contributed by atoms with Crippen LogP contribution in [0.1, 0.15) is 21.5 Å². The first-order valence-electron chi connectivity index (χ1n) is 8.34. The van der Waals surface area contributed by atoms with Crippen LogP contribution in [-0.4, -0.2) is 25.9 Å². The fourth-order valence-electron chi connectivity index (χ4n) is 2.77. The second kappa shape index (κ2) is 7.14. The van der Waals surface area contributed by atoms with Crippen LogP contribution in [-0.2, 0) is 13.1 Å². The molecule has 6 nitrogen and oxygen atoms in total. The Labute approximate surface area is 150 Å². The Bertz CT molecular complexity index is 1030. The third-order valence-corrected chi connectivity index (χ3v) is 4.13. The lowest BCUT2D eigenvalue weighted by atomic mass is 10.1. The summed E-state index contributed by atoms with van der Waals surface area (Å²) < 4.78 is 1.84. The molecule has 0 aliphatic rings. The predicted molar refractivity (Wildman–Crippen MR) is 98.5 cm³/mol. The summed E-state index contributed by atoms with van der Waals surface area (Å²) in [7, 11) is 0. The molecule has 0 aliphatic heterocycles. The van der Waals surface area contributed by atoms with Gasteiger partial charge in [0.1, 0.15) is 5.52 Å². The number of nitrogens with one attached hydrogen (secondary N) is 1. The molecule has 26 heavy (non-hydrogen) atoms. The average Bonchev–Trinajstić information content (AvgIpc) is 3.10. The van der Waals surface area contributed by atoms with Gasteiger partial charge in [0, 0.05) is 24.5 Å². The van der Waals surface area contributed by atoms with Gasteiger partial charge in [-0.15, -0.1) is 5.10 Å². The first-order valence-corrected chi connectivity index (χ1v) is 8.34. The topological polar surface area (TPSA) is 72.7 Å². The number of benzene rings is 2. The molecule has 0 saturated carbocycles. The maximum atomic E-state index is 12.4. The van der Waals surface area contributed by atoms with Crippen molar-refractivity contribution < 1.29 is 4.79 Å². The van der Waals surface area contributed by atoms with E-state index in [0.29, 0.717) is 24.2 Å². The van der Waals surface area contributed by atoms with Crippen LogP contribution in [0.4, 0.5) is 0 Å². The van der Waals surface area contributed by atoms with Crippen LogP contribution in [0.5, 0.6) is 0 Å². The second-order valence-electron chi connectivity index (χ2n) is 5.98. The van der Waals surface area contributed by atoms with Crippen molar-refractivity contribution in [3.05, 3.63) is 89.7 Å². The molecule has 4 aromatic rings. The van der Waals surface area contributed by atoms with Crippen molar-refractivity contribution in [1.82, 2.24) is 25.3 Å². The molecule has 6 heteroatoms. The average molecular weight is 343 g/mol. The summed E-state index contributed by atoms with van der Waals surface area (Å²) in [6.07, 6.45) is 3.44. The zero-order chi connectivity index (χ0) is 17.8. The molecule has 0 bridgehead atoms. The van der Waals surface area contributed by atoms with Gasteiger partial charge in [0.2, 0.25) is 0 Å². The lowest BCUT2D eigenvalue weighted by Crippen LogP contribution is -2.22. The summed E-state index contributed by atoms with van der Waals surface area (Å²) in [5.41, 5.74) is 4.27. The third kappa shape index (κ3) is 3.44. The molecule has 0 spiro atoms. The number of rotatable bonds is 5. The van der Waals surface area contributed by atoms with E-state index in [9.17, 15) is 4.79 Å². The molecule has 1 amide bonds. The normalized spacial score (nSPS) is 10.8. The van der Waals surface area contributed by atoms with Crippen molar-refractivity contribution in [3.63, 3.8) is 0 Å². The maximum absolute atomic E-state index is 12.4. The molecule has 0 unspecified atom stereocenters. The van der Waals surface area contributed by atoms with E-state index in [1.807, 2.05) is 53.2 Å². The number of aromatic nitrogens is 4. The lowest BCUT2D eigenvalue weighted by Gasteiger charge is -2.06. The van der Waals surface area contributed by atoms with E-state index in [1.54, 1.807) is 24.5 Å². The fourth-order valence-corrected chi connectivity index (χ4v) is 2.77.